The minimum absolute atomic E-state index is 0.188. The van der Waals surface area contributed by atoms with Crippen molar-refractivity contribution in [3.05, 3.63) is 0 Å². The smallest absolute Gasteiger partial charge is 0.329 e. The number of aliphatic carboxylic acids is 1. The first kappa shape index (κ1) is 15.3. The number of hydrogen-bond donors (Lipinski definition) is 3. The lowest BCUT2D eigenvalue weighted by atomic mass is 9.87. The molecule has 2 saturated heterocycles. The average Bonchev–Trinajstić information content (AvgIpc) is 2.48. The predicted octanol–water partition coefficient (Wildman–Crippen LogP) is 0.515. The van der Waals surface area contributed by atoms with Crippen molar-refractivity contribution in [1.82, 2.24) is 10.6 Å². The van der Waals surface area contributed by atoms with Crippen molar-refractivity contribution >= 4 is 11.9 Å². The summed E-state index contributed by atoms with van der Waals surface area (Å²) in [6, 6.07) is -0.271. The summed E-state index contributed by atoms with van der Waals surface area (Å²) >= 11 is 0. The fraction of sp³-hybridized carbons (Fsp3) is 0.857. The van der Waals surface area contributed by atoms with E-state index < -0.39 is 11.5 Å². The van der Waals surface area contributed by atoms with Crippen LogP contribution < -0.4 is 10.6 Å². The Morgan fingerprint density at radius 2 is 2.10 bits per heavy atom. The van der Waals surface area contributed by atoms with E-state index in [0.717, 1.165) is 25.8 Å². The topological polar surface area (TPSA) is 87.7 Å². The van der Waals surface area contributed by atoms with Crippen LogP contribution in [0.15, 0.2) is 0 Å². The number of hydrogen-bond acceptors (Lipinski definition) is 4. The molecule has 114 valence electrons. The molecule has 20 heavy (non-hydrogen) atoms. The normalized spacial score (nSPS) is 29.6. The molecule has 0 aromatic heterocycles. The monoisotopic (exact) mass is 284 g/mol. The Balaban J connectivity index is 1.99. The van der Waals surface area contributed by atoms with E-state index in [4.69, 9.17) is 4.74 Å². The van der Waals surface area contributed by atoms with Gasteiger partial charge in [0.15, 0.2) is 0 Å². The standard InChI is InChI=1S/C14H24N2O4/c1-2-10-3-6-15-11(9-10)12(17)16-14(13(18)19)4-7-20-8-5-14/h10-11,15H,2-9H2,1H3,(H,16,17)(H,18,19). The minimum atomic E-state index is -1.16. The van der Waals surface area contributed by atoms with Crippen LogP contribution in [0, 0.1) is 5.92 Å². The molecule has 2 fully saturated rings. The lowest BCUT2D eigenvalue weighted by Gasteiger charge is -2.36. The van der Waals surface area contributed by atoms with Gasteiger partial charge in [0, 0.05) is 26.1 Å². The highest BCUT2D eigenvalue weighted by Gasteiger charge is 2.43. The largest absolute Gasteiger partial charge is 0.480 e. The van der Waals surface area contributed by atoms with Gasteiger partial charge in [-0.15, -0.1) is 0 Å². The fourth-order valence-corrected chi connectivity index (χ4v) is 3.00. The maximum atomic E-state index is 12.4. The van der Waals surface area contributed by atoms with E-state index in [2.05, 4.69) is 17.6 Å². The molecule has 0 radical (unpaired) electrons. The molecule has 6 nitrogen and oxygen atoms in total. The van der Waals surface area contributed by atoms with Crippen molar-refractivity contribution in [1.29, 1.82) is 0 Å². The van der Waals surface area contributed by atoms with Gasteiger partial charge in [-0.3, -0.25) is 4.79 Å². The van der Waals surface area contributed by atoms with Gasteiger partial charge in [-0.1, -0.05) is 13.3 Å². The van der Waals surface area contributed by atoms with E-state index in [1.165, 1.54) is 0 Å². The summed E-state index contributed by atoms with van der Waals surface area (Å²) in [6.07, 6.45) is 3.59. The van der Waals surface area contributed by atoms with Gasteiger partial charge >= 0.3 is 5.97 Å². The molecule has 0 aliphatic carbocycles. The van der Waals surface area contributed by atoms with Gasteiger partial charge in [-0.25, -0.2) is 4.79 Å². The quantitative estimate of drug-likeness (QED) is 0.700. The van der Waals surface area contributed by atoms with Crippen LogP contribution in [0.2, 0.25) is 0 Å². The van der Waals surface area contributed by atoms with Crippen LogP contribution in [-0.4, -0.2) is 48.3 Å². The Hall–Kier alpha value is -1.14. The predicted molar refractivity (Wildman–Crippen MR) is 73.4 cm³/mol. The number of carbonyl (C=O) groups excluding carboxylic acids is 1. The van der Waals surface area contributed by atoms with Crippen LogP contribution in [0.4, 0.5) is 0 Å². The van der Waals surface area contributed by atoms with Crippen LogP contribution in [-0.2, 0) is 14.3 Å². The van der Waals surface area contributed by atoms with E-state index in [0.29, 0.717) is 32.0 Å². The molecule has 3 N–H and O–H groups in total. The van der Waals surface area contributed by atoms with Gasteiger partial charge in [0.2, 0.25) is 5.91 Å². The second kappa shape index (κ2) is 6.54. The van der Waals surface area contributed by atoms with Gasteiger partial charge < -0.3 is 20.5 Å². The molecule has 2 unspecified atom stereocenters. The zero-order chi connectivity index (χ0) is 14.6. The molecular formula is C14H24N2O4. The molecule has 0 aromatic rings. The molecular weight excluding hydrogens is 260 g/mol. The second-order valence-corrected chi connectivity index (χ2v) is 5.79. The van der Waals surface area contributed by atoms with Crippen molar-refractivity contribution in [3.8, 4) is 0 Å². The number of carboxylic acids is 1. The Kier molecular flexibility index (Phi) is 4.99. The van der Waals surface area contributed by atoms with Gasteiger partial charge in [-0.05, 0) is 25.3 Å². The molecule has 1 amide bonds. The lowest BCUT2D eigenvalue weighted by Crippen LogP contribution is -2.61. The number of amides is 1. The van der Waals surface area contributed by atoms with Gasteiger partial charge in [0.05, 0.1) is 6.04 Å². The fourth-order valence-electron chi connectivity index (χ4n) is 3.00. The summed E-state index contributed by atoms with van der Waals surface area (Å²) in [6.45, 7) is 3.70. The highest BCUT2D eigenvalue weighted by molar-refractivity contribution is 5.89. The van der Waals surface area contributed by atoms with Crippen molar-refractivity contribution in [3.63, 3.8) is 0 Å². The van der Waals surface area contributed by atoms with Gasteiger partial charge in [0.1, 0.15) is 5.54 Å². The highest BCUT2D eigenvalue weighted by atomic mass is 16.5. The maximum absolute atomic E-state index is 12.4. The van der Waals surface area contributed by atoms with Gasteiger partial charge in [0.25, 0.3) is 0 Å². The van der Waals surface area contributed by atoms with E-state index in [1.54, 1.807) is 0 Å². The summed E-state index contributed by atoms with van der Waals surface area (Å²) in [7, 11) is 0. The Morgan fingerprint density at radius 3 is 2.70 bits per heavy atom. The molecule has 2 heterocycles. The summed E-state index contributed by atoms with van der Waals surface area (Å²) in [5.41, 5.74) is -1.16. The number of rotatable bonds is 4. The maximum Gasteiger partial charge on any atom is 0.329 e. The molecule has 6 heteroatoms. The third kappa shape index (κ3) is 3.30. The number of nitrogens with one attached hydrogen (secondary N) is 2. The summed E-state index contributed by atoms with van der Waals surface area (Å²) in [5, 5.41) is 15.4. The summed E-state index contributed by atoms with van der Waals surface area (Å²) < 4.78 is 5.21. The molecule has 2 aliphatic rings. The van der Waals surface area contributed by atoms with Crippen molar-refractivity contribution in [2.75, 3.05) is 19.8 Å². The molecule has 0 aromatic carbocycles. The van der Waals surface area contributed by atoms with Crippen LogP contribution >= 0.6 is 0 Å². The zero-order valence-electron chi connectivity index (χ0n) is 12.0. The first-order valence-corrected chi connectivity index (χ1v) is 7.44. The SMILES string of the molecule is CCC1CCNC(C(=O)NC2(C(=O)O)CCOCC2)C1. The zero-order valence-corrected chi connectivity index (χ0v) is 12.0. The molecule has 2 aliphatic heterocycles. The summed E-state index contributed by atoms with van der Waals surface area (Å²) in [5.74, 6) is -0.605. The van der Waals surface area contributed by atoms with Crippen LogP contribution in [0.1, 0.15) is 39.0 Å². The van der Waals surface area contributed by atoms with E-state index >= 15 is 0 Å². The number of carbonyl (C=O) groups is 2. The Labute approximate surface area is 119 Å². The number of ether oxygens (including phenoxy) is 1. The Morgan fingerprint density at radius 1 is 1.40 bits per heavy atom. The third-order valence-electron chi connectivity index (χ3n) is 4.52. The minimum Gasteiger partial charge on any atom is -0.480 e. The van der Waals surface area contributed by atoms with Crippen LogP contribution in [0.25, 0.3) is 0 Å². The van der Waals surface area contributed by atoms with Crippen LogP contribution in [0.5, 0.6) is 0 Å². The first-order chi connectivity index (χ1) is 9.57. The number of carboxylic acid groups (broad SMARTS) is 1. The van der Waals surface area contributed by atoms with Crippen molar-refractivity contribution in [2.24, 2.45) is 5.92 Å². The van der Waals surface area contributed by atoms with E-state index in [9.17, 15) is 14.7 Å². The van der Waals surface area contributed by atoms with Gasteiger partial charge in [-0.2, -0.15) is 0 Å². The molecule has 2 rings (SSSR count). The number of piperidine rings is 1. The Bertz CT molecular complexity index is 366. The van der Waals surface area contributed by atoms with E-state index in [1.807, 2.05) is 0 Å². The molecule has 0 spiro atoms. The third-order valence-corrected chi connectivity index (χ3v) is 4.52. The summed E-state index contributed by atoms with van der Waals surface area (Å²) in [4.78, 5) is 23.9. The highest BCUT2D eigenvalue weighted by Crippen LogP contribution is 2.23. The molecule has 0 saturated carbocycles. The molecule has 0 bridgehead atoms. The first-order valence-electron chi connectivity index (χ1n) is 7.44. The van der Waals surface area contributed by atoms with Crippen molar-refractivity contribution < 1.29 is 19.4 Å². The second-order valence-electron chi connectivity index (χ2n) is 5.79. The van der Waals surface area contributed by atoms with E-state index in [-0.39, 0.29) is 11.9 Å². The molecule has 2 atom stereocenters. The van der Waals surface area contributed by atoms with Crippen LogP contribution in [0.3, 0.4) is 0 Å². The van der Waals surface area contributed by atoms with Crippen molar-refractivity contribution in [2.45, 2.75) is 50.6 Å². The lowest BCUT2D eigenvalue weighted by molar-refractivity contribution is -0.152. The average molecular weight is 284 g/mol.